The van der Waals surface area contributed by atoms with Crippen molar-refractivity contribution >= 4 is 23.2 Å². The molecule has 2 aromatic heterocycles. The highest BCUT2D eigenvalue weighted by Gasteiger charge is 2.29. The number of hydrogen-bond donors (Lipinski definition) is 7. The van der Waals surface area contributed by atoms with Crippen molar-refractivity contribution in [3.8, 4) is 46.3 Å². The first-order chi connectivity index (χ1) is 33.9. The Morgan fingerprint density at radius 2 is 0.929 bits per heavy atom. The topological polar surface area (TPSA) is 235 Å². The van der Waals surface area contributed by atoms with E-state index in [9.17, 15) is 36.1 Å². The zero-order chi connectivity index (χ0) is 50.3. The molecule has 2 heterocycles. The van der Waals surface area contributed by atoms with Crippen molar-refractivity contribution in [2.75, 3.05) is 33.0 Å². The molecule has 0 spiro atoms. The highest BCUT2D eigenvalue weighted by Crippen LogP contribution is 2.38. The molecule has 0 aliphatic heterocycles. The molecule has 15 nitrogen and oxygen atoms in total. The van der Waals surface area contributed by atoms with Crippen LogP contribution in [-0.4, -0.2) is 79.6 Å². The van der Waals surface area contributed by atoms with Crippen LogP contribution in [0.15, 0.2) is 97.6 Å². The van der Waals surface area contributed by atoms with Crippen molar-refractivity contribution in [2.24, 2.45) is 0 Å². The molecule has 0 unspecified atom stereocenters. The Kier molecular flexibility index (Phi) is 18.9. The van der Waals surface area contributed by atoms with E-state index in [0.717, 1.165) is 33.4 Å². The monoisotopic (exact) mass is 990 g/mol. The Morgan fingerprint density at radius 3 is 1.31 bits per heavy atom. The molecule has 0 radical (unpaired) electrons. The van der Waals surface area contributed by atoms with Crippen molar-refractivity contribution < 1.29 is 44.5 Å². The number of ether oxygens (including phenoxy) is 4. The average Bonchev–Trinajstić information content (AvgIpc) is 3.39. The lowest BCUT2D eigenvalue weighted by Gasteiger charge is -2.30. The van der Waals surface area contributed by atoms with Gasteiger partial charge in [-0.2, -0.15) is 10.5 Å². The van der Waals surface area contributed by atoms with Gasteiger partial charge in [0.05, 0.1) is 65.3 Å². The smallest absolute Gasteiger partial charge is 0.142 e. The van der Waals surface area contributed by atoms with Crippen LogP contribution in [0.4, 0.5) is 0 Å². The van der Waals surface area contributed by atoms with E-state index in [1.165, 1.54) is 12.4 Å². The predicted molar refractivity (Wildman–Crippen MR) is 264 cm³/mol. The van der Waals surface area contributed by atoms with Gasteiger partial charge < -0.3 is 55.1 Å². The van der Waals surface area contributed by atoms with Gasteiger partial charge in [-0.1, -0.05) is 66.5 Å². The number of nitriles is 2. The number of nitrogens with one attached hydrogen (secondary N) is 2. The molecule has 7 N–H and O–H groups in total. The number of rotatable bonds is 25. The summed E-state index contributed by atoms with van der Waals surface area (Å²) in [5.41, 5.74) is 6.86. The SMILES string of the molecule is CCC(CO)(CO)NCc1cc(Cl)c(OCc2cccc(-c3cccc(COc4cc(OCc5cncc(C#N)c5)c(CNC(CO)(CO)CO)cc4Cl)c3C)c2C)cc1OCc1cncc(C#N)c1. The molecule has 0 aliphatic carbocycles. The summed E-state index contributed by atoms with van der Waals surface area (Å²) in [4.78, 5) is 8.26. The number of aliphatic hydroxyl groups is 5. The fraction of sp³-hybridized carbons (Fsp3) is 0.321. The Morgan fingerprint density at radius 1 is 0.529 bits per heavy atom. The number of pyridine rings is 2. The van der Waals surface area contributed by atoms with Gasteiger partial charge in [0.2, 0.25) is 0 Å². The van der Waals surface area contributed by atoms with Crippen molar-refractivity contribution in [1.82, 2.24) is 20.6 Å². The van der Waals surface area contributed by atoms with E-state index in [0.29, 0.717) is 67.8 Å². The molecule has 0 amide bonds. The number of hydrogen-bond acceptors (Lipinski definition) is 15. The fourth-order valence-electron chi connectivity index (χ4n) is 7.46. The van der Waals surface area contributed by atoms with Crippen LogP contribution in [-0.2, 0) is 39.5 Å². The van der Waals surface area contributed by atoms with Gasteiger partial charge in [0.15, 0.2) is 0 Å². The molecule has 0 saturated carbocycles. The van der Waals surface area contributed by atoms with E-state index in [2.05, 4.69) is 32.7 Å². The van der Waals surface area contributed by atoms with Gasteiger partial charge in [-0.05, 0) is 77.9 Å². The first kappa shape index (κ1) is 53.0. The summed E-state index contributed by atoms with van der Waals surface area (Å²) in [6, 6.07) is 26.3. The minimum atomic E-state index is -1.35. The summed E-state index contributed by atoms with van der Waals surface area (Å²) in [6.45, 7) is 4.62. The summed E-state index contributed by atoms with van der Waals surface area (Å²) < 4.78 is 25.3. The lowest BCUT2D eigenvalue weighted by atomic mass is 9.92. The second kappa shape index (κ2) is 25.0. The molecule has 70 heavy (non-hydrogen) atoms. The normalized spacial score (nSPS) is 11.5. The van der Waals surface area contributed by atoms with Crippen molar-refractivity contribution in [2.45, 2.75) is 77.8 Å². The third kappa shape index (κ3) is 13.1. The van der Waals surface area contributed by atoms with E-state index in [1.54, 1.807) is 48.8 Å². The predicted octanol–water partition coefficient (Wildman–Crippen LogP) is 7.15. The van der Waals surface area contributed by atoms with E-state index in [1.807, 2.05) is 57.2 Å². The van der Waals surface area contributed by atoms with Gasteiger partial charge in [0.1, 0.15) is 61.6 Å². The quantitative estimate of drug-likeness (QED) is 0.0302. The van der Waals surface area contributed by atoms with Crippen LogP contribution in [0.5, 0.6) is 23.0 Å². The largest absolute Gasteiger partial charge is 0.488 e. The third-order valence-electron chi connectivity index (χ3n) is 12.3. The zero-order valence-corrected chi connectivity index (χ0v) is 40.6. The van der Waals surface area contributed by atoms with Gasteiger partial charge in [-0.3, -0.25) is 9.97 Å². The Labute approximate surface area is 417 Å². The van der Waals surface area contributed by atoms with E-state index < -0.39 is 30.9 Å². The maximum Gasteiger partial charge on any atom is 0.142 e. The van der Waals surface area contributed by atoms with E-state index in [4.69, 9.17) is 42.1 Å². The number of aromatic nitrogens is 2. The van der Waals surface area contributed by atoms with E-state index in [-0.39, 0.29) is 57.8 Å². The third-order valence-corrected chi connectivity index (χ3v) is 12.9. The maximum absolute atomic E-state index is 10.1. The van der Waals surface area contributed by atoms with Crippen LogP contribution in [0.3, 0.4) is 0 Å². The minimum absolute atomic E-state index is 0.0647. The summed E-state index contributed by atoms with van der Waals surface area (Å²) in [5.74, 6) is 1.56. The van der Waals surface area contributed by atoms with Crippen LogP contribution in [0.2, 0.25) is 10.0 Å². The first-order valence-electron chi connectivity index (χ1n) is 22.4. The van der Waals surface area contributed by atoms with Gasteiger partial charge in [-0.15, -0.1) is 0 Å². The highest BCUT2D eigenvalue weighted by molar-refractivity contribution is 6.32. The van der Waals surface area contributed by atoms with Crippen molar-refractivity contribution in [1.29, 1.82) is 10.5 Å². The molecule has 6 rings (SSSR count). The van der Waals surface area contributed by atoms with Crippen LogP contribution < -0.4 is 29.6 Å². The van der Waals surface area contributed by atoms with Gasteiger partial charge in [-0.25, -0.2) is 0 Å². The molecule has 0 aliphatic rings. The van der Waals surface area contributed by atoms with Crippen molar-refractivity contribution in [3.63, 3.8) is 0 Å². The Hall–Kier alpha value is -6.34. The average molecular weight is 992 g/mol. The molecule has 0 bridgehead atoms. The molecule has 4 aromatic carbocycles. The maximum atomic E-state index is 10.1. The second-order valence-electron chi connectivity index (χ2n) is 16.9. The molecule has 0 atom stereocenters. The molecular formula is C53H56Cl2N6O9. The summed E-state index contributed by atoms with van der Waals surface area (Å²) in [7, 11) is 0. The van der Waals surface area contributed by atoms with E-state index >= 15 is 0 Å². The lowest BCUT2D eigenvalue weighted by Crippen LogP contribution is -2.54. The molecule has 366 valence electrons. The van der Waals surface area contributed by atoms with Gasteiger partial charge in [0, 0.05) is 72.3 Å². The molecule has 17 heteroatoms. The lowest BCUT2D eigenvalue weighted by molar-refractivity contribution is 0.0412. The second-order valence-corrected chi connectivity index (χ2v) is 17.7. The molecular weight excluding hydrogens is 936 g/mol. The fourth-order valence-corrected chi connectivity index (χ4v) is 7.95. The summed E-state index contributed by atoms with van der Waals surface area (Å²) >= 11 is 13.7. The minimum Gasteiger partial charge on any atom is -0.488 e. The van der Waals surface area contributed by atoms with Gasteiger partial charge >= 0.3 is 0 Å². The molecule has 0 fully saturated rings. The standard InChI is InChI=1S/C53H56Cl2N6O9/c1-4-52(29-62,30-63)60-23-42-13-46(54)50(15-48(42)67-25-38-11-36(17-56)19-58-21-38)69-27-40-7-5-9-44(34(40)2)45-10-6-8-41(35(45)3)28-70-51-16-49(68-26-39-12-37(18-57)20-59-22-39)43(14-47(51)55)24-61-53(31-64,32-65)33-66/h5-16,19-22,60-66H,4,23-33H2,1-3H3. The first-order valence-corrected chi connectivity index (χ1v) is 23.2. The Balaban J connectivity index is 1.21. The zero-order valence-electron chi connectivity index (χ0n) is 39.1. The molecule has 0 saturated heterocycles. The number of benzene rings is 4. The summed E-state index contributed by atoms with van der Waals surface area (Å²) in [6.07, 6.45) is 6.62. The highest BCUT2D eigenvalue weighted by atomic mass is 35.5. The number of halogens is 2. The number of nitrogens with zero attached hydrogens (tertiary/aromatic N) is 4. The number of aliphatic hydroxyl groups excluding tert-OH is 5. The van der Waals surface area contributed by atoms with Gasteiger partial charge in [0.25, 0.3) is 0 Å². The van der Waals surface area contributed by atoms with Crippen molar-refractivity contribution in [3.05, 3.63) is 163 Å². The van der Waals surface area contributed by atoms with Crippen LogP contribution in [0.25, 0.3) is 11.1 Å². The summed E-state index contributed by atoms with van der Waals surface area (Å²) in [5, 5.41) is 75.5. The van der Waals surface area contributed by atoms with Crippen LogP contribution in [0, 0.1) is 36.5 Å². The van der Waals surface area contributed by atoms with Crippen LogP contribution >= 0.6 is 23.2 Å². The Bertz CT molecular complexity index is 2620. The van der Waals surface area contributed by atoms with Crippen LogP contribution in [0.1, 0.15) is 69.0 Å². The molecule has 6 aromatic rings.